The lowest BCUT2D eigenvalue weighted by Gasteiger charge is -2.34. The first-order valence-corrected chi connectivity index (χ1v) is 8.27. The molecule has 0 aliphatic carbocycles. The summed E-state index contributed by atoms with van der Waals surface area (Å²) in [5.41, 5.74) is 1.02. The second-order valence-corrected chi connectivity index (χ2v) is 6.58. The lowest BCUT2D eigenvalue weighted by atomic mass is 9.88. The highest BCUT2D eigenvalue weighted by Gasteiger charge is 2.39. The normalized spacial score (nSPS) is 13.7. The summed E-state index contributed by atoms with van der Waals surface area (Å²) in [6, 6.07) is 3.86. The van der Waals surface area contributed by atoms with E-state index in [9.17, 15) is 9.59 Å². The smallest absolute Gasteiger partial charge is 0.238 e. The minimum absolute atomic E-state index is 0.186. The van der Waals surface area contributed by atoms with Crippen LogP contribution in [0, 0.1) is 5.41 Å². The Morgan fingerprint density at radius 2 is 1.84 bits per heavy atom. The minimum atomic E-state index is -1.13. The predicted octanol–water partition coefficient (Wildman–Crippen LogP) is 1.92. The van der Waals surface area contributed by atoms with Crippen LogP contribution in [0.25, 0.3) is 0 Å². The highest BCUT2D eigenvalue weighted by molar-refractivity contribution is 6.04. The van der Waals surface area contributed by atoms with Crippen molar-refractivity contribution in [3.8, 4) is 11.5 Å². The van der Waals surface area contributed by atoms with E-state index in [4.69, 9.17) is 9.47 Å². The highest BCUT2D eigenvalue weighted by atomic mass is 16.5. The summed E-state index contributed by atoms with van der Waals surface area (Å²) in [7, 11) is 3.19. The van der Waals surface area contributed by atoms with Gasteiger partial charge in [0.15, 0.2) is 11.5 Å². The topological polar surface area (TPSA) is 67.9 Å². The van der Waals surface area contributed by atoms with Gasteiger partial charge in [0.05, 0.1) is 14.2 Å². The van der Waals surface area contributed by atoms with Gasteiger partial charge >= 0.3 is 0 Å². The zero-order valence-corrected chi connectivity index (χ0v) is 15.3. The summed E-state index contributed by atoms with van der Waals surface area (Å²) in [5.74, 6) is 0.841. The molecule has 6 nitrogen and oxygen atoms in total. The Morgan fingerprint density at radius 1 is 1.24 bits per heavy atom. The van der Waals surface area contributed by atoms with Gasteiger partial charge in [0, 0.05) is 19.6 Å². The highest BCUT2D eigenvalue weighted by Crippen LogP contribution is 2.34. The van der Waals surface area contributed by atoms with Gasteiger partial charge in [-0.25, -0.2) is 0 Å². The molecule has 0 saturated carbocycles. The first kappa shape index (κ1) is 18.8. The van der Waals surface area contributed by atoms with Crippen molar-refractivity contribution in [2.45, 2.75) is 26.8 Å². The van der Waals surface area contributed by atoms with E-state index in [-0.39, 0.29) is 11.8 Å². The maximum atomic E-state index is 12.9. The third-order valence-electron chi connectivity index (χ3n) is 4.51. The zero-order chi connectivity index (χ0) is 18.6. The van der Waals surface area contributed by atoms with E-state index in [0.717, 1.165) is 11.1 Å². The molecular formula is C19H26N2O4. The number of carbonyl (C=O) groups is 2. The molecule has 1 aromatic carbocycles. The lowest BCUT2D eigenvalue weighted by molar-refractivity contribution is -0.149. The lowest BCUT2D eigenvalue weighted by Crippen LogP contribution is -2.50. The first-order valence-electron chi connectivity index (χ1n) is 8.27. The molecule has 1 heterocycles. The molecule has 1 aromatic rings. The van der Waals surface area contributed by atoms with Gasteiger partial charge in [0.2, 0.25) is 11.8 Å². The molecule has 0 saturated heterocycles. The molecular weight excluding hydrogens is 320 g/mol. The second-order valence-electron chi connectivity index (χ2n) is 6.58. The largest absolute Gasteiger partial charge is 0.493 e. The molecule has 2 rings (SSSR count). The number of benzene rings is 1. The Balaban J connectivity index is 2.20. The third-order valence-corrected chi connectivity index (χ3v) is 4.51. The van der Waals surface area contributed by atoms with E-state index in [1.165, 1.54) is 0 Å². The molecule has 0 atom stereocenters. The first-order chi connectivity index (χ1) is 11.8. The Kier molecular flexibility index (Phi) is 5.72. The molecule has 2 amide bonds. The fourth-order valence-electron chi connectivity index (χ4n) is 2.93. The molecule has 0 bridgehead atoms. The molecule has 0 aromatic heterocycles. The van der Waals surface area contributed by atoms with Crippen molar-refractivity contribution in [3.05, 3.63) is 35.9 Å². The molecule has 0 fully saturated rings. The van der Waals surface area contributed by atoms with E-state index >= 15 is 0 Å². The van der Waals surface area contributed by atoms with Crippen LogP contribution in [-0.4, -0.2) is 44.0 Å². The fraction of sp³-hybridized carbons (Fsp3) is 0.474. The second kappa shape index (κ2) is 7.59. The SMILES string of the molecule is C=CCNC(=O)C(C)(C)C(=O)N1CCc2cc(OC)c(OC)cc2C1. The molecule has 1 aliphatic heterocycles. The van der Waals surface area contributed by atoms with Crippen LogP contribution in [0.5, 0.6) is 11.5 Å². The van der Waals surface area contributed by atoms with Crippen LogP contribution in [0.15, 0.2) is 24.8 Å². The number of fused-ring (bicyclic) bond motifs is 1. The van der Waals surface area contributed by atoms with Crippen LogP contribution < -0.4 is 14.8 Å². The number of nitrogens with zero attached hydrogens (tertiary/aromatic N) is 1. The van der Waals surface area contributed by atoms with Gasteiger partial charge < -0.3 is 19.7 Å². The summed E-state index contributed by atoms with van der Waals surface area (Å²) in [6.07, 6.45) is 2.31. The number of amides is 2. The van der Waals surface area contributed by atoms with Gasteiger partial charge in [-0.1, -0.05) is 6.08 Å². The summed E-state index contributed by atoms with van der Waals surface area (Å²) >= 11 is 0. The van der Waals surface area contributed by atoms with E-state index in [1.54, 1.807) is 39.0 Å². The average molecular weight is 346 g/mol. The van der Waals surface area contributed by atoms with Crippen LogP contribution in [0.2, 0.25) is 0 Å². The molecule has 0 radical (unpaired) electrons. The standard InChI is InChI=1S/C19H26N2O4/c1-6-8-20-17(22)19(2,3)18(23)21-9-7-13-10-15(24-4)16(25-5)11-14(13)12-21/h6,10-11H,1,7-9,12H2,2-5H3,(H,20,22). The van der Waals surface area contributed by atoms with E-state index in [1.807, 2.05) is 12.1 Å². The number of rotatable bonds is 6. The Labute approximate surface area is 148 Å². The van der Waals surface area contributed by atoms with Gasteiger partial charge in [-0.2, -0.15) is 0 Å². The summed E-state index contributed by atoms with van der Waals surface area (Å²) in [4.78, 5) is 26.9. The quantitative estimate of drug-likeness (QED) is 0.631. The minimum Gasteiger partial charge on any atom is -0.493 e. The Bertz CT molecular complexity index is 682. The summed E-state index contributed by atoms with van der Waals surface area (Å²) in [6.45, 7) is 8.24. The number of ether oxygens (including phenoxy) is 2. The third kappa shape index (κ3) is 3.78. The van der Waals surface area contributed by atoms with E-state index in [0.29, 0.717) is 37.6 Å². The molecule has 6 heteroatoms. The summed E-state index contributed by atoms with van der Waals surface area (Å²) in [5, 5.41) is 2.70. The van der Waals surface area contributed by atoms with Crippen LogP contribution in [0.3, 0.4) is 0 Å². The van der Waals surface area contributed by atoms with Crippen LogP contribution in [0.1, 0.15) is 25.0 Å². The number of carbonyl (C=O) groups excluding carboxylic acids is 2. The molecule has 0 spiro atoms. The van der Waals surface area contributed by atoms with Crippen LogP contribution in [-0.2, 0) is 22.6 Å². The number of nitrogens with one attached hydrogen (secondary N) is 1. The average Bonchev–Trinajstić information content (AvgIpc) is 2.63. The fourth-order valence-corrected chi connectivity index (χ4v) is 2.93. The van der Waals surface area contributed by atoms with Crippen molar-refractivity contribution in [2.75, 3.05) is 27.3 Å². The number of methoxy groups -OCH3 is 2. The zero-order valence-electron chi connectivity index (χ0n) is 15.3. The van der Waals surface area contributed by atoms with Gasteiger partial charge in [0.1, 0.15) is 5.41 Å². The van der Waals surface area contributed by atoms with Crippen molar-refractivity contribution in [2.24, 2.45) is 5.41 Å². The van der Waals surface area contributed by atoms with Gasteiger partial charge in [0.25, 0.3) is 0 Å². The molecule has 0 unspecified atom stereocenters. The number of hydrogen-bond acceptors (Lipinski definition) is 4. The Morgan fingerprint density at radius 3 is 2.40 bits per heavy atom. The van der Waals surface area contributed by atoms with Crippen molar-refractivity contribution in [3.63, 3.8) is 0 Å². The summed E-state index contributed by atoms with van der Waals surface area (Å²) < 4.78 is 10.7. The maximum absolute atomic E-state index is 12.9. The van der Waals surface area contributed by atoms with E-state index in [2.05, 4.69) is 11.9 Å². The molecule has 25 heavy (non-hydrogen) atoms. The molecule has 1 aliphatic rings. The molecule has 136 valence electrons. The van der Waals surface area contributed by atoms with Crippen molar-refractivity contribution in [1.29, 1.82) is 0 Å². The maximum Gasteiger partial charge on any atom is 0.238 e. The molecule has 1 N–H and O–H groups in total. The van der Waals surface area contributed by atoms with Crippen LogP contribution >= 0.6 is 0 Å². The monoisotopic (exact) mass is 346 g/mol. The van der Waals surface area contributed by atoms with Gasteiger partial charge in [-0.15, -0.1) is 6.58 Å². The van der Waals surface area contributed by atoms with Crippen molar-refractivity contribution >= 4 is 11.8 Å². The van der Waals surface area contributed by atoms with Gasteiger partial charge in [-0.3, -0.25) is 9.59 Å². The number of hydrogen-bond donors (Lipinski definition) is 1. The van der Waals surface area contributed by atoms with Gasteiger partial charge in [-0.05, 0) is 43.5 Å². The Hall–Kier alpha value is -2.50. The van der Waals surface area contributed by atoms with Crippen molar-refractivity contribution in [1.82, 2.24) is 10.2 Å². The van der Waals surface area contributed by atoms with E-state index < -0.39 is 5.41 Å². The van der Waals surface area contributed by atoms with Crippen molar-refractivity contribution < 1.29 is 19.1 Å². The predicted molar refractivity (Wildman–Crippen MR) is 95.7 cm³/mol. The van der Waals surface area contributed by atoms with Crippen LogP contribution in [0.4, 0.5) is 0 Å².